The molecular weight excluding hydrogens is 323 g/mol. The number of hydroxylamine groups is 2. The summed E-state index contributed by atoms with van der Waals surface area (Å²) in [6, 6.07) is 0. The number of halogens is 2. The zero-order chi connectivity index (χ0) is 15.8. The van der Waals surface area contributed by atoms with Crippen LogP contribution in [0, 0.1) is 0 Å². The zero-order valence-corrected chi connectivity index (χ0v) is 14.4. The van der Waals surface area contributed by atoms with E-state index in [-0.39, 0.29) is 10.6 Å². The fourth-order valence-electron chi connectivity index (χ4n) is 2.95. The Morgan fingerprint density at radius 1 is 0.818 bits per heavy atom. The van der Waals surface area contributed by atoms with E-state index >= 15 is 0 Å². The van der Waals surface area contributed by atoms with Crippen molar-refractivity contribution in [3.8, 4) is 0 Å². The summed E-state index contributed by atoms with van der Waals surface area (Å²) in [6.07, 6.45) is 13.3. The van der Waals surface area contributed by atoms with Crippen LogP contribution >= 0.6 is 23.2 Å². The summed E-state index contributed by atoms with van der Waals surface area (Å²) in [4.78, 5) is 13.0. The van der Waals surface area contributed by atoms with Crippen LogP contribution in [0.15, 0.2) is 21.4 Å². The summed E-state index contributed by atoms with van der Waals surface area (Å²) in [5, 5.41) is 1.47. The van der Waals surface area contributed by atoms with Gasteiger partial charge in [-0.1, -0.05) is 44.9 Å². The minimum atomic E-state index is 0.0936. The average molecular weight is 347 g/mol. The number of allylic oxidation sites excluding steroid dienone is 1. The van der Waals surface area contributed by atoms with Crippen LogP contribution in [0.4, 0.5) is 0 Å². The topological polar surface area (TPSA) is 63.2 Å². The average Bonchev–Trinajstić information content (AvgIpc) is 2.47. The number of rotatable bonds is 1. The van der Waals surface area contributed by atoms with Gasteiger partial charge < -0.3 is 0 Å². The molecule has 0 aromatic heterocycles. The zero-order valence-electron chi connectivity index (χ0n) is 12.9. The Bertz CT molecular complexity index is 448. The molecule has 1 aliphatic heterocycles. The van der Waals surface area contributed by atoms with Gasteiger partial charge in [0.25, 0.3) is 0 Å². The Morgan fingerprint density at radius 2 is 1.32 bits per heavy atom. The third kappa shape index (κ3) is 5.23. The van der Waals surface area contributed by atoms with Crippen molar-refractivity contribution >= 4 is 33.8 Å². The van der Waals surface area contributed by atoms with Crippen molar-refractivity contribution in [2.24, 2.45) is 15.9 Å². The summed E-state index contributed by atoms with van der Waals surface area (Å²) < 4.78 is 0. The van der Waals surface area contributed by atoms with Gasteiger partial charge in [0.05, 0.1) is 0 Å². The number of aliphatic imine (C=N–C) groups is 2. The van der Waals surface area contributed by atoms with Gasteiger partial charge in [0, 0.05) is 0 Å². The van der Waals surface area contributed by atoms with Gasteiger partial charge in [-0.25, -0.2) is 0 Å². The molecule has 1 fully saturated rings. The molecule has 0 aromatic carbocycles. The van der Waals surface area contributed by atoms with Gasteiger partial charge in [0.2, 0.25) is 10.6 Å². The first-order valence-electron chi connectivity index (χ1n) is 8.09. The Morgan fingerprint density at radius 3 is 1.82 bits per heavy atom. The molecule has 1 aliphatic carbocycles. The highest BCUT2D eigenvalue weighted by Gasteiger charge is 2.24. The normalized spacial score (nSPS) is 22.6. The monoisotopic (exact) mass is 346 g/mol. The van der Waals surface area contributed by atoms with Crippen molar-refractivity contribution in [3.63, 3.8) is 0 Å². The van der Waals surface area contributed by atoms with E-state index in [1.165, 1.54) is 55.6 Å². The maximum Gasteiger partial charge on any atom is 0.233 e. The molecule has 1 saturated carbocycles. The quantitative estimate of drug-likeness (QED) is 0.547. The number of nitrogens with two attached hydrogens (primary N) is 1. The molecule has 22 heavy (non-hydrogen) atoms. The first-order chi connectivity index (χ1) is 10.7. The Kier molecular flexibility index (Phi) is 7.66. The van der Waals surface area contributed by atoms with Crippen LogP contribution in [0.5, 0.6) is 0 Å². The fourth-order valence-corrected chi connectivity index (χ4v) is 3.35. The van der Waals surface area contributed by atoms with Crippen LogP contribution in [0.2, 0.25) is 0 Å². The van der Waals surface area contributed by atoms with E-state index in [2.05, 4.69) is 9.98 Å². The van der Waals surface area contributed by atoms with E-state index in [4.69, 9.17) is 34.0 Å². The lowest BCUT2D eigenvalue weighted by Crippen LogP contribution is -2.33. The van der Waals surface area contributed by atoms with Gasteiger partial charge in [-0.05, 0) is 54.5 Å². The predicted molar refractivity (Wildman–Crippen MR) is 91.5 cm³/mol. The molecule has 0 unspecified atom stereocenters. The summed E-state index contributed by atoms with van der Waals surface area (Å²) >= 11 is 12.0. The number of amidine groups is 2. The van der Waals surface area contributed by atoms with Crippen molar-refractivity contribution in [2.45, 2.75) is 70.6 Å². The Labute approximate surface area is 142 Å². The third-order valence-corrected chi connectivity index (χ3v) is 4.53. The predicted octanol–water partition coefficient (Wildman–Crippen LogP) is 4.81. The molecule has 124 valence electrons. The second kappa shape index (κ2) is 9.50. The number of hydrogen-bond acceptors (Lipinski definition) is 5. The van der Waals surface area contributed by atoms with E-state index in [9.17, 15) is 0 Å². The molecule has 2 rings (SSSR count). The molecule has 0 amide bonds. The molecule has 0 aromatic rings. The van der Waals surface area contributed by atoms with Crippen LogP contribution in [-0.2, 0) is 4.94 Å². The standard InChI is InChI=1S/C15H24Cl2N4O/c16-14-19-13(21(22-18)15(17)20-14)12-10-8-6-4-2-1-3-5-7-9-11-12/h1-11,18H2. The molecular formula is C15H24Cl2N4O. The van der Waals surface area contributed by atoms with Gasteiger partial charge >= 0.3 is 0 Å². The minimum absolute atomic E-state index is 0.0936. The third-order valence-electron chi connectivity index (χ3n) is 4.12. The molecule has 2 aliphatic rings. The first kappa shape index (κ1) is 17.7. The van der Waals surface area contributed by atoms with Crippen LogP contribution in [-0.4, -0.2) is 15.7 Å². The first-order valence-corrected chi connectivity index (χ1v) is 8.85. The van der Waals surface area contributed by atoms with Gasteiger partial charge in [0.1, 0.15) is 0 Å². The van der Waals surface area contributed by atoms with Crippen molar-refractivity contribution in [1.29, 1.82) is 0 Å². The van der Waals surface area contributed by atoms with Gasteiger partial charge in [-0.15, -0.1) is 0 Å². The van der Waals surface area contributed by atoms with E-state index < -0.39 is 0 Å². The second-order valence-corrected chi connectivity index (χ2v) is 6.45. The van der Waals surface area contributed by atoms with E-state index in [1.807, 2.05) is 0 Å². The molecule has 0 spiro atoms. The highest BCUT2D eigenvalue weighted by molar-refractivity contribution is 6.71. The smallest absolute Gasteiger partial charge is 0.198 e. The molecule has 1 heterocycles. The Hall–Kier alpha value is -0.620. The summed E-state index contributed by atoms with van der Waals surface area (Å²) in [7, 11) is 0. The molecule has 0 atom stereocenters. The highest BCUT2D eigenvalue weighted by Crippen LogP contribution is 2.28. The summed E-state index contributed by atoms with van der Waals surface area (Å²) in [5.41, 5.74) is 1.19. The lowest BCUT2D eigenvalue weighted by Gasteiger charge is -2.24. The number of hydrogen-bond donors (Lipinski definition) is 1. The minimum Gasteiger partial charge on any atom is -0.198 e. The van der Waals surface area contributed by atoms with E-state index in [1.54, 1.807) is 0 Å². The second-order valence-electron chi connectivity index (χ2n) is 5.77. The van der Waals surface area contributed by atoms with Crippen molar-refractivity contribution < 1.29 is 4.94 Å². The molecule has 0 bridgehead atoms. The van der Waals surface area contributed by atoms with Crippen LogP contribution in [0.3, 0.4) is 0 Å². The van der Waals surface area contributed by atoms with Crippen molar-refractivity contribution in [3.05, 3.63) is 11.4 Å². The van der Waals surface area contributed by atoms with Gasteiger partial charge in [-0.2, -0.15) is 25.9 Å². The van der Waals surface area contributed by atoms with Crippen LogP contribution in [0.1, 0.15) is 70.6 Å². The summed E-state index contributed by atoms with van der Waals surface area (Å²) in [5.74, 6) is 5.92. The molecule has 5 nitrogen and oxygen atoms in total. The molecule has 2 N–H and O–H groups in total. The lowest BCUT2D eigenvalue weighted by atomic mass is 9.97. The van der Waals surface area contributed by atoms with Crippen LogP contribution in [0.25, 0.3) is 0 Å². The fraction of sp³-hybridized carbons (Fsp3) is 0.733. The van der Waals surface area contributed by atoms with Gasteiger partial charge in [-0.3, -0.25) is 0 Å². The van der Waals surface area contributed by atoms with E-state index in [0.717, 1.165) is 25.7 Å². The maximum absolute atomic E-state index is 6.04. The Balaban J connectivity index is 2.16. The molecule has 7 heteroatoms. The lowest BCUT2D eigenvalue weighted by molar-refractivity contribution is -0.0752. The van der Waals surface area contributed by atoms with Crippen molar-refractivity contribution in [2.75, 3.05) is 0 Å². The van der Waals surface area contributed by atoms with E-state index in [0.29, 0.717) is 5.82 Å². The molecule has 0 radical (unpaired) electrons. The van der Waals surface area contributed by atoms with Gasteiger partial charge in [0.15, 0.2) is 5.82 Å². The maximum atomic E-state index is 6.04. The van der Waals surface area contributed by atoms with Crippen molar-refractivity contribution in [1.82, 2.24) is 5.06 Å². The summed E-state index contributed by atoms with van der Waals surface area (Å²) in [6.45, 7) is 0. The SMILES string of the molecule is NON1C(Cl)=NC(Cl)=NC1=C1CCCCCCCCCCC1. The largest absolute Gasteiger partial charge is 0.233 e. The molecule has 0 saturated heterocycles. The van der Waals surface area contributed by atoms with Crippen LogP contribution < -0.4 is 5.90 Å². The highest BCUT2D eigenvalue weighted by atomic mass is 35.5. The number of nitrogens with zero attached hydrogens (tertiary/aromatic N) is 3.